The molecule has 0 spiro atoms. The lowest BCUT2D eigenvalue weighted by Gasteiger charge is -2.44. The van der Waals surface area contributed by atoms with E-state index in [-0.39, 0.29) is 5.75 Å². The predicted molar refractivity (Wildman–Crippen MR) is 80.0 cm³/mol. The predicted octanol–water partition coefficient (Wildman–Crippen LogP) is 4.31. The van der Waals surface area contributed by atoms with Gasteiger partial charge in [0.05, 0.1) is 5.60 Å². The molecule has 2 aliphatic heterocycles. The summed E-state index contributed by atoms with van der Waals surface area (Å²) in [6, 6.07) is 5.84. The molecule has 0 saturated carbocycles. The number of alkyl halides is 3. The topological polar surface area (TPSA) is 29.5 Å². The highest BCUT2D eigenvalue weighted by molar-refractivity contribution is 8.00. The van der Waals surface area contributed by atoms with Gasteiger partial charge in [-0.1, -0.05) is 18.6 Å². The van der Waals surface area contributed by atoms with E-state index in [2.05, 4.69) is 4.74 Å². The van der Waals surface area contributed by atoms with E-state index < -0.39 is 12.0 Å². The van der Waals surface area contributed by atoms with Crippen LogP contribution in [0.3, 0.4) is 0 Å². The van der Waals surface area contributed by atoms with Gasteiger partial charge in [-0.2, -0.15) is 11.8 Å². The minimum Gasteiger partial charge on any atom is -0.406 e. The van der Waals surface area contributed by atoms with Crippen LogP contribution in [-0.4, -0.2) is 27.6 Å². The number of aliphatic hydroxyl groups is 1. The molecular weight excluding hydrogens is 313 g/mol. The number of thioether (sulfide) groups is 1. The Labute approximate surface area is 132 Å². The average molecular weight is 332 g/mol. The SMILES string of the molecule is OC1(Cc2ccc(OC(F)(F)F)cc2)CC2CCCC(C1)S2. The number of halogens is 3. The van der Waals surface area contributed by atoms with Gasteiger partial charge in [-0.25, -0.2) is 0 Å². The summed E-state index contributed by atoms with van der Waals surface area (Å²) in [6.07, 6.45) is 0.917. The summed E-state index contributed by atoms with van der Waals surface area (Å²) in [6.45, 7) is 0. The van der Waals surface area contributed by atoms with Gasteiger partial charge in [0, 0.05) is 16.9 Å². The molecule has 0 aromatic heterocycles. The molecule has 2 saturated heterocycles. The van der Waals surface area contributed by atoms with Crippen LogP contribution >= 0.6 is 11.8 Å². The number of hydrogen-bond donors (Lipinski definition) is 1. The van der Waals surface area contributed by atoms with Crippen LogP contribution in [0.5, 0.6) is 5.75 Å². The maximum Gasteiger partial charge on any atom is 0.573 e. The summed E-state index contributed by atoms with van der Waals surface area (Å²) in [5.74, 6) is -0.223. The molecule has 2 nitrogen and oxygen atoms in total. The van der Waals surface area contributed by atoms with E-state index in [1.807, 2.05) is 11.8 Å². The van der Waals surface area contributed by atoms with E-state index in [1.54, 1.807) is 12.1 Å². The summed E-state index contributed by atoms with van der Waals surface area (Å²) < 4.78 is 40.3. The Kier molecular flexibility index (Phi) is 4.34. The van der Waals surface area contributed by atoms with Crippen molar-refractivity contribution in [2.24, 2.45) is 0 Å². The molecule has 0 aliphatic carbocycles. The van der Waals surface area contributed by atoms with Crippen molar-refractivity contribution < 1.29 is 23.0 Å². The van der Waals surface area contributed by atoms with Gasteiger partial charge in [0.15, 0.2) is 0 Å². The number of fused-ring (bicyclic) bond motifs is 2. The molecule has 2 aliphatic rings. The third-order valence-electron chi connectivity index (χ3n) is 4.34. The first kappa shape index (κ1) is 16.0. The fraction of sp³-hybridized carbons (Fsp3) is 0.625. The van der Waals surface area contributed by atoms with Crippen molar-refractivity contribution in [3.8, 4) is 5.75 Å². The zero-order valence-electron chi connectivity index (χ0n) is 12.1. The van der Waals surface area contributed by atoms with E-state index >= 15 is 0 Å². The molecule has 1 aromatic carbocycles. The maximum atomic E-state index is 12.1. The molecule has 6 heteroatoms. The van der Waals surface area contributed by atoms with Gasteiger partial charge in [-0.3, -0.25) is 0 Å². The minimum atomic E-state index is -4.67. The normalized spacial score (nSPS) is 31.8. The van der Waals surface area contributed by atoms with Crippen LogP contribution in [-0.2, 0) is 6.42 Å². The third-order valence-corrected chi connectivity index (χ3v) is 5.92. The van der Waals surface area contributed by atoms with Gasteiger partial charge in [0.25, 0.3) is 0 Å². The van der Waals surface area contributed by atoms with Crippen molar-refractivity contribution in [1.82, 2.24) is 0 Å². The first-order valence-electron chi connectivity index (χ1n) is 7.54. The lowest BCUT2D eigenvalue weighted by atomic mass is 9.81. The fourth-order valence-electron chi connectivity index (χ4n) is 3.55. The number of ether oxygens (including phenoxy) is 1. The average Bonchev–Trinajstić information content (AvgIpc) is 2.38. The van der Waals surface area contributed by atoms with E-state index in [0.29, 0.717) is 16.9 Å². The van der Waals surface area contributed by atoms with Crippen molar-refractivity contribution in [1.29, 1.82) is 0 Å². The molecule has 1 N–H and O–H groups in total. The molecular formula is C16H19F3O2S. The standard InChI is InChI=1S/C16H19F3O2S/c17-16(18,19)21-12-6-4-11(5-7-12)8-15(20)9-13-2-1-3-14(10-15)22-13/h4-7,13-14,20H,1-3,8-10H2. The van der Waals surface area contributed by atoms with Crippen LogP contribution < -0.4 is 4.74 Å². The van der Waals surface area contributed by atoms with E-state index in [4.69, 9.17) is 0 Å². The molecule has 0 radical (unpaired) electrons. The van der Waals surface area contributed by atoms with Gasteiger partial charge < -0.3 is 9.84 Å². The summed E-state index contributed by atoms with van der Waals surface area (Å²) in [5, 5.41) is 11.9. The highest BCUT2D eigenvalue weighted by Gasteiger charge is 2.41. The number of hydrogen-bond acceptors (Lipinski definition) is 3. The quantitative estimate of drug-likeness (QED) is 0.894. The van der Waals surface area contributed by atoms with Crippen LogP contribution in [0.4, 0.5) is 13.2 Å². The van der Waals surface area contributed by atoms with Crippen molar-refractivity contribution in [3.05, 3.63) is 29.8 Å². The molecule has 22 heavy (non-hydrogen) atoms. The summed E-state index contributed by atoms with van der Waals surface area (Å²) in [7, 11) is 0. The van der Waals surface area contributed by atoms with Gasteiger partial charge in [-0.05, 0) is 43.4 Å². The Bertz CT molecular complexity index is 503. The maximum absolute atomic E-state index is 12.1. The van der Waals surface area contributed by atoms with Gasteiger partial charge >= 0.3 is 6.36 Å². The summed E-state index contributed by atoms with van der Waals surface area (Å²) in [5.41, 5.74) is 0.120. The molecule has 122 valence electrons. The molecule has 0 amide bonds. The monoisotopic (exact) mass is 332 g/mol. The van der Waals surface area contributed by atoms with Gasteiger partial charge in [0.2, 0.25) is 0 Å². The van der Waals surface area contributed by atoms with E-state index in [9.17, 15) is 18.3 Å². The second-order valence-electron chi connectivity index (χ2n) is 6.31. The van der Waals surface area contributed by atoms with Crippen LogP contribution in [0.1, 0.15) is 37.7 Å². The smallest absolute Gasteiger partial charge is 0.406 e. The Hall–Kier alpha value is -0.880. The van der Waals surface area contributed by atoms with Crippen LogP contribution in [0.2, 0.25) is 0 Å². The van der Waals surface area contributed by atoms with Crippen molar-refractivity contribution in [3.63, 3.8) is 0 Å². The molecule has 2 fully saturated rings. The van der Waals surface area contributed by atoms with Crippen LogP contribution in [0.25, 0.3) is 0 Å². The van der Waals surface area contributed by atoms with Crippen molar-refractivity contribution in [2.45, 2.75) is 61.0 Å². The third kappa shape index (κ3) is 4.10. The fourth-order valence-corrected chi connectivity index (χ4v) is 5.51. The summed E-state index contributed by atoms with van der Waals surface area (Å²) >= 11 is 1.99. The van der Waals surface area contributed by atoms with Crippen LogP contribution in [0.15, 0.2) is 24.3 Å². The zero-order chi connectivity index (χ0) is 15.8. The van der Waals surface area contributed by atoms with Crippen molar-refractivity contribution >= 4 is 11.8 Å². The number of benzene rings is 1. The number of rotatable bonds is 3. The largest absolute Gasteiger partial charge is 0.573 e. The van der Waals surface area contributed by atoms with Gasteiger partial charge in [0.1, 0.15) is 5.75 Å². The molecule has 2 bridgehead atoms. The summed E-state index contributed by atoms with van der Waals surface area (Å²) in [4.78, 5) is 0. The second-order valence-corrected chi connectivity index (χ2v) is 7.92. The second kappa shape index (κ2) is 5.96. The Morgan fingerprint density at radius 3 is 2.27 bits per heavy atom. The minimum absolute atomic E-state index is 0.223. The zero-order valence-corrected chi connectivity index (χ0v) is 12.9. The first-order valence-corrected chi connectivity index (χ1v) is 8.48. The Morgan fingerprint density at radius 1 is 1.14 bits per heavy atom. The van der Waals surface area contributed by atoms with E-state index in [0.717, 1.165) is 31.2 Å². The van der Waals surface area contributed by atoms with Gasteiger partial charge in [-0.15, -0.1) is 13.2 Å². The van der Waals surface area contributed by atoms with E-state index in [1.165, 1.54) is 18.6 Å². The first-order chi connectivity index (χ1) is 10.3. The molecule has 3 rings (SSSR count). The lowest BCUT2D eigenvalue weighted by molar-refractivity contribution is -0.274. The highest BCUT2D eigenvalue weighted by Crippen LogP contribution is 2.46. The van der Waals surface area contributed by atoms with Crippen LogP contribution in [0, 0.1) is 0 Å². The Balaban J connectivity index is 1.65. The molecule has 2 heterocycles. The molecule has 2 unspecified atom stereocenters. The molecule has 2 atom stereocenters. The highest BCUT2D eigenvalue weighted by atomic mass is 32.2. The van der Waals surface area contributed by atoms with Crippen molar-refractivity contribution in [2.75, 3.05) is 0 Å². The Morgan fingerprint density at radius 2 is 1.73 bits per heavy atom. The lowest BCUT2D eigenvalue weighted by Crippen LogP contribution is -2.44. The molecule has 1 aromatic rings.